The van der Waals surface area contributed by atoms with E-state index >= 15 is 0 Å². The average molecular weight is 250 g/mol. The first-order valence-electron chi connectivity index (χ1n) is 5.57. The van der Waals surface area contributed by atoms with E-state index in [-0.39, 0.29) is 0 Å². The van der Waals surface area contributed by atoms with E-state index in [1.165, 1.54) is 0 Å². The number of nitriles is 1. The van der Waals surface area contributed by atoms with Crippen LogP contribution in [0.25, 0.3) is 0 Å². The summed E-state index contributed by atoms with van der Waals surface area (Å²) in [6, 6.07) is 10.2. The maximum absolute atomic E-state index is 9.16. The Bertz CT molecular complexity index is 403. The number of hydrogen-bond donors (Lipinski definition) is 1. The molecule has 0 bridgehead atoms. The minimum Gasteiger partial charge on any atom is -0.496 e. The molecule has 0 aliphatic heterocycles. The van der Waals surface area contributed by atoms with Gasteiger partial charge in [-0.3, -0.25) is 5.32 Å². The van der Waals surface area contributed by atoms with Gasteiger partial charge in [0.1, 0.15) is 11.3 Å². The number of thioether (sulfide) groups is 1. The van der Waals surface area contributed by atoms with Gasteiger partial charge in [-0.05, 0) is 25.6 Å². The molecule has 0 aromatic heterocycles. The molecule has 0 amide bonds. The van der Waals surface area contributed by atoms with E-state index in [4.69, 9.17) is 10.00 Å². The zero-order valence-electron chi connectivity index (χ0n) is 10.5. The van der Waals surface area contributed by atoms with Crippen LogP contribution in [-0.4, -0.2) is 24.9 Å². The van der Waals surface area contributed by atoms with E-state index in [0.29, 0.717) is 5.75 Å². The molecule has 1 atom stereocenters. The van der Waals surface area contributed by atoms with Crippen molar-refractivity contribution in [3.8, 4) is 11.8 Å². The monoisotopic (exact) mass is 250 g/mol. The first-order chi connectivity index (χ1) is 8.15. The molecule has 1 rings (SSSR count). The van der Waals surface area contributed by atoms with Gasteiger partial charge in [-0.2, -0.15) is 5.26 Å². The SMILES string of the molecule is CCNC(C)(C#N)CSc1ccccc1OC. The lowest BCUT2D eigenvalue weighted by Crippen LogP contribution is -2.43. The van der Waals surface area contributed by atoms with Gasteiger partial charge >= 0.3 is 0 Å². The van der Waals surface area contributed by atoms with Gasteiger partial charge in [0.15, 0.2) is 0 Å². The zero-order valence-corrected chi connectivity index (χ0v) is 11.3. The minimum absolute atomic E-state index is 0.500. The van der Waals surface area contributed by atoms with Crippen molar-refractivity contribution in [3.05, 3.63) is 24.3 Å². The third kappa shape index (κ3) is 3.95. The van der Waals surface area contributed by atoms with E-state index in [1.807, 2.05) is 38.1 Å². The number of nitrogens with one attached hydrogen (secondary N) is 1. The van der Waals surface area contributed by atoms with Crippen LogP contribution in [0, 0.1) is 11.3 Å². The molecule has 1 aromatic rings. The van der Waals surface area contributed by atoms with Gasteiger partial charge in [-0.25, -0.2) is 0 Å². The van der Waals surface area contributed by atoms with E-state index < -0.39 is 5.54 Å². The van der Waals surface area contributed by atoms with Crippen molar-refractivity contribution in [2.24, 2.45) is 0 Å². The summed E-state index contributed by atoms with van der Waals surface area (Å²) in [6.45, 7) is 4.71. The Labute approximate surface area is 107 Å². The maximum atomic E-state index is 9.16. The number of para-hydroxylation sites is 1. The molecule has 3 nitrogen and oxygen atoms in total. The van der Waals surface area contributed by atoms with Crippen molar-refractivity contribution >= 4 is 11.8 Å². The third-order valence-electron chi connectivity index (χ3n) is 2.40. The molecule has 1 N–H and O–H groups in total. The fraction of sp³-hybridized carbons (Fsp3) is 0.462. The highest BCUT2D eigenvalue weighted by molar-refractivity contribution is 7.99. The summed E-state index contributed by atoms with van der Waals surface area (Å²) in [7, 11) is 1.66. The first-order valence-corrected chi connectivity index (χ1v) is 6.56. The molecule has 0 saturated carbocycles. The van der Waals surface area contributed by atoms with Crippen LogP contribution in [0.4, 0.5) is 0 Å². The van der Waals surface area contributed by atoms with Gasteiger partial charge in [0, 0.05) is 10.6 Å². The lowest BCUT2D eigenvalue weighted by molar-refractivity contribution is 0.404. The Morgan fingerprint density at radius 2 is 2.18 bits per heavy atom. The lowest BCUT2D eigenvalue weighted by Gasteiger charge is -2.22. The molecule has 0 aliphatic carbocycles. The predicted octanol–water partition coefficient (Wildman–Crippen LogP) is 2.68. The van der Waals surface area contributed by atoms with Crippen LogP contribution in [0.3, 0.4) is 0 Å². The maximum Gasteiger partial charge on any atom is 0.132 e. The summed E-state index contributed by atoms with van der Waals surface area (Å²) >= 11 is 1.63. The van der Waals surface area contributed by atoms with E-state index in [1.54, 1.807) is 18.9 Å². The molecule has 0 saturated heterocycles. The molecule has 1 unspecified atom stereocenters. The van der Waals surface area contributed by atoms with Gasteiger partial charge in [0.2, 0.25) is 0 Å². The fourth-order valence-corrected chi connectivity index (χ4v) is 2.55. The molecular formula is C13H18N2OS. The topological polar surface area (TPSA) is 45.0 Å². The Morgan fingerprint density at radius 1 is 1.47 bits per heavy atom. The third-order valence-corrected chi connectivity index (χ3v) is 3.77. The van der Waals surface area contributed by atoms with Crippen molar-refractivity contribution in [2.45, 2.75) is 24.3 Å². The predicted molar refractivity (Wildman–Crippen MR) is 71.4 cm³/mol. The van der Waals surface area contributed by atoms with Gasteiger partial charge in [0.05, 0.1) is 13.2 Å². The Hall–Kier alpha value is -1.18. The molecule has 0 fully saturated rings. The van der Waals surface area contributed by atoms with E-state index in [0.717, 1.165) is 17.2 Å². The molecule has 0 aliphatic rings. The lowest BCUT2D eigenvalue weighted by atomic mass is 10.1. The number of nitrogens with zero attached hydrogens (tertiary/aromatic N) is 1. The van der Waals surface area contributed by atoms with Gasteiger partial charge in [0.25, 0.3) is 0 Å². The van der Waals surface area contributed by atoms with Crippen molar-refractivity contribution < 1.29 is 4.74 Å². The van der Waals surface area contributed by atoms with Gasteiger partial charge < -0.3 is 4.74 Å². The highest BCUT2D eigenvalue weighted by Crippen LogP contribution is 2.30. The standard InChI is InChI=1S/C13H18N2OS/c1-4-15-13(2,9-14)10-17-12-8-6-5-7-11(12)16-3/h5-8,15H,4,10H2,1-3H3. The second kappa shape index (κ2) is 6.53. The van der Waals surface area contributed by atoms with Crippen LogP contribution < -0.4 is 10.1 Å². The molecule has 4 heteroatoms. The van der Waals surface area contributed by atoms with Crippen molar-refractivity contribution in [1.82, 2.24) is 5.32 Å². The van der Waals surface area contributed by atoms with E-state index in [9.17, 15) is 0 Å². The fourth-order valence-electron chi connectivity index (χ4n) is 1.47. The second-order valence-electron chi connectivity index (χ2n) is 3.91. The molecule has 0 heterocycles. The quantitative estimate of drug-likeness (QED) is 0.788. The Morgan fingerprint density at radius 3 is 2.76 bits per heavy atom. The number of methoxy groups -OCH3 is 1. The summed E-state index contributed by atoms with van der Waals surface area (Å²) < 4.78 is 5.28. The highest BCUT2D eigenvalue weighted by Gasteiger charge is 2.22. The van der Waals surface area contributed by atoms with Crippen molar-refractivity contribution in [1.29, 1.82) is 5.26 Å². The molecule has 1 aromatic carbocycles. The summed E-state index contributed by atoms with van der Waals surface area (Å²) in [4.78, 5) is 1.06. The Kier molecular flexibility index (Phi) is 5.33. The van der Waals surface area contributed by atoms with Crippen molar-refractivity contribution in [2.75, 3.05) is 19.4 Å². The molecule has 92 valence electrons. The van der Waals surface area contributed by atoms with Gasteiger partial charge in [-0.15, -0.1) is 11.8 Å². The summed E-state index contributed by atoms with van der Waals surface area (Å²) in [5.74, 6) is 1.55. The van der Waals surface area contributed by atoms with Crippen LogP contribution in [-0.2, 0) is 0 Å². The number of benzene rings is 1. The first kappa shape index (κ1) is 13.9. The number of hydrogen-bond acceptors (Lipinski definition) is 4. The highest BCUT2D eigenvalue weighted by atomic mass is 32.2. The van der Waals surface area contributed by atoms with Crippen LogP contribution in [0.5, 0.6) is 5.75 Å². The van der Waals surface area contributed by atoms with Crippen LogP contribution in [0.1, 0.15) is 13.8 Å². The average Bonchev–Trinajstić information content (AvgIpc) is 2.37. The summed E-state index contributed by atoms with van der Waals surface area (Å²) in [6.07, 6.45) is 0. The zero-order chi connectivity index (χ0) is 12.7. The normalized spacial score (nSPS) is 13.8. The molecule has 0 radical (unpaired) electrons. The van der Waals surface area contributed by atoms with Crippen LogP contribution in [0.2, 0.25) is 0 Å². The largest absolute Gasteiger partial charge is 0.496 e. The number of rotatable bonds is 6. The smallest absolute Gasteiger partial charge is 0.132 e. The molecule has 17 heavy (non-hydrogen) atoms. The number of ether oxygens (including phenoxy) is 1. The summed E-state index contributed by atoms with van der Waals surface area (Å²) in [5, 5.41) is 12.4. The van der Waals surface area contributed by atoms with E-state index in [2.05, 4.69) is 11.4 Å². The summed E-state index contributed by atoms with van der Waals surface area (Å²) in [5.41, 5.74) is -0.500. The van der Waals surface area contributed by atoms with Crippen LogP contribution in [0.15, 0.2) is 29.2 Å². The van der Waals surface area contributed by atoms with Crippen molar-refractivity contribution in [3.63, 3.8) is 0 Å². The Balaban J connectivity index is 2.69. The molecular weight excluding hydrogens is 232 g/mol. The minimum atomic E-state index is -0.500. The molecule has 0 spiro atoms. The van der Waals surface area contributed by atoms with Gasteiger partial charge in [-0.1, -0.05) is 19.1 Å². The van der Waals surface area contributed by atoms with Crippen LogP contribution >= 0.6 is 11.8 Å². The second-order valence-corrected chi connectivity index (χ2v) is 4.93.